The third-order valence-corrected chi connectivity index (χ3v) is 6.99. The molecule has 0 aliphatic rings. The number of anilines is 2. The normalized spacial score (nSPS) is 11.2. The lowest BCUT2D eigenvalue weighted by Crippen LogP contribution is -2.11. The average Bonchev–Trinajstić information content (AvgIpc) is 3.52. The van der Waals surface area contributed by atoms with E-state index in [1.165, 1.54) is 0 Å². The number of nitrogens with zero attached hydrogens (tertiary/aromatic N) is 3. The molecule has 182 valence electrons. The molecule has 0 aliphatic heterocycles. The van der Waals surface area contributed by atoms with Crippen molar-refractivity contribution in [1.29, 1.82) is 0 Å². The summed E-state index contributed by atoms with van der Waals surface area (Å²) in [5.41, 5.74) is 5.59. The number of benzene rings is 3. The van der Waals surface area contributed by atoms with Crippen molar-refractivity contribution >= 4 is 61.5 Å². The largest absolute Gasteiger partial charge is 0.366 e. The van der Waals surface area contributed by atoms with Crippen LogP contribution in [-0.4, -0.2) is 25.5 Å². The number of carbonyl (C=O) groups excluding carboxylic acids is 1. The zero-order valence-electron chi connectivity index (χ0n) is 19.4. The van der Waals surface area contributed by atoms with Crippen molar-refractivity contribution < 1.29 is 4.79 Å². The Kier molecular flexibility index (Phi) is 6.12. The molecule has 6 aromatic rings. The summed E-state index contributed by atoms with van der Waals surface area (Å²) in [5, 5.41) is 12.4. The van der Waals surface area contributed by atoms with Gasteiger partial charge in [0, 0.05) is 46.0 Å². The van der Waals surface area contributed by atoms with Crippen LogP contribution in [0.2, 0.25) is 5.02 Å². The first kappa shape index (κ1) is 23.3. The Labute approximate surface area is 225 Å². The van der Waals surface area contributed by atoms with Crippen molar-refractivity contribution in [3.05, 3.63) is 112 Å². The molecular weight excluding hydrogens is 552 g/mol. The van der Waals surface area contributed by atoms with Crippen molar-refractivity contribution in [2.45, 2.75) is 6.54 Å². The summed E-state index contributed by atoms with van der Waals surface area (Å²) < 4.78 is 2.54. The molecule has 37 heavy (non-hydrogen) atoms. The molecule has 1 amide bonds. The fourth-order valence-electron chi connectivity index (χ4n) is 4.23. The molecular formula is C28H20BrClN6O. The number of rotatable bonds is 6. The summed E-state index contributed by atoms with van der Waals surface area (Å²) in [7, 11) is 0. The van der Waals surface area contributed by atoms with Crippen LogP contribution < -0.4 is 10.6 Å². The van der Waals surface area contributed by atoms with Gasteiger partial charge < -0.3 is 15.6 Å². The van der Waals surface area contributed by atoms with Crippen LogP contribution in [0.5, 0.6) is 0 Å². The molecule has 3 aromatic carbocycles. The van der Waals surface area contributed by atoms with Crippen molar-refractivity contribution in [3.8, 4) is 11.3 Å². The molecule has 0 unspecified atom stereocenters. The lowest BCUT2D eigenvalue weighted by atomic mass is 10.1. The molecule has 0 radical (unpaired) electrons. The number of fused-ring (bicyclic) bond motifs is 2. The second kappa shape index (κ2) is 9.72. The van der Waals surface area contributed by atoms with Crippen LogP contribution >= 0.6 is 27.5 Å². The Morgan fingerprint density at radius 3 is 2.65 bits per heavy atom. The highest BCUT2D eigenvalue weighted by Crippen LogP contribution is 2.30. The predicted octanol–water partition coefficient (Wildman–Crippen LogP) is 7.16. The first-order valence-electron chi connectivity index (χ1n) is 11.6. The maximum atomic E-state index is 12.8. The molecule has 0 spiro atoms. The number of halogens is 2. The highest BCUT2D eigenvalue weighted by Gasteiger charge is 2.14. The third-order valence-electron chi connectivity index (χ3n) is 6.10. The van der Waals surface area contributed by atoms with Gasteiger partial charge in [-0.1, -0.05) is 60.1 Å². The molecule has 0 saturated heterocycles. The van der Waals surface area contributed by atoms with E-state index in [1.807, 2.05) is 78.9 Å². The molecule has 0 saturated carbocycles. The first-order valence-corrected chi connectivity index (χ1v) is 12.7. The van der Waals surface area contributed by atoms with Gasteiger partial charge in [0.1, 0.15) is 5.82 Å². The highest BCUT2D eigenvalue weighted by molar-refractivity contribution is 9.10. The van der Waals surface area contributed by atoms with Gasteiger partial charge in [0.15, 0.2) is 5.65 Å². The number of amides is 1. The van der Waals surface area contributed by atoms with Gasteiger partial charge in [-0.2, -0.15) is 9.61 Å². The molecule has 0 atom stereocenters. The van der Waals surface area contributed by atoms with Gasteiger partial charge in [-0.3, -0.25) is 4.79 Å². The van der Waals surface area contributed by atoms with E-state index >= 15 is 0 Å². The van der Waals surface area contributed by atoms with Gasteiger partial charge in [-0.25, -0.2) is 4.98 Å². The molecule has 3 aromatic heterocycles. The van der Waals surface area contributed by atoms with Crippen LogP contribution in [0.1, 0.15) is 15.9 Å². The van der Waals surface area contributed by atoms with Crippen molar-refractivity contribution in [2.24, 2.45) is 0 Å². The lowest BCUT2D eigenvalue weighted by Gasteiger charge is -2.12. The monoisotopic (exact) mass is 570 g/mol. The topological polar surface area (TPSA) is 87.1 Å². The lowest BCUT2D eigenvalue weighted by molar-refractivity contribution is 0.102. The number of hydrogen-bond acceptors (Lipinski definition) is 4. The maximum absolute atomic E-state index is 12.8. The van der Waals surface area contributed by atoms with Crippen LogP contribution in [0.3, 0.4) is 0 Å². The predicted molar refractivity (Wildman–Crippen MR) is 151 cm³/mol. The van der Waals surface area contributed by atoms with Crippen LogP contribution in [0.15, 0.2) is 95.7 Å². The zero-order valence-corrected chi connectivity index (χ0v) is 21.7. The second-order valence-corrected chi connectivity index (χ2v) is 9.75. The molecule has 9 heteroatoms. The minimum atomic E-state index is -0.154. The molecule has 3 heterocycles. The molecule has 7 nitrogen and oxygen atoms in total. The van der Waals surface area contributed by atoms with Gasteiger partial charge in [0.05, 0.1) is 21.9 Å². The molecule has 3 N–H and O–H groups in total. The Balaban J connectivity index is 1.20. The third kappa shape index (κ3) is 4.57. The summed E-state index contributed by atoms with van der Waals surface area (Å²) in [5.74, 6) is 0.626. The Hall–Kier alpha value is -4.14. The summed E-state index contributed by atoms with van der Waals surface area (Å²) >= 11 is 9.97. The fraction of sp³-hybridized carbons (Fsp3) is 0.0357. The van der Waals surface area contributed by atoms with Crippen LogP contribution in [-0.2, 0) is 6.54 Å². The maximum Gasteiger partial charge on any atom is 0.257 e. The van der Waals surface area contributed by atoms with E-state index in [2.05, 4.69) is 36.6 Å². The van der Waals surface area contributed by atoms with E-state index in [0.717, 1.165) is 43.7 Å². The number of carbonyl (C=O) groups is 1. The summed E-state index contributed by atoms with van der Waals surface area (Å²) in [6.07, 6.45) is 3.45. The summed E-state index contributed by atoms with van der Waals surface area (Å²) in [6.45, 7) is 0.551. The molecule has 6 rings (SSSR count). The average molecular weight is 572 g/mol. The number of hydrogen-bond donors (Lipinski definition) is 3. The number of para-hydroxylation sites is 1. The SMILES string of the molecule is O=C(Nc1ccc(CNc2cc(-c3ccccc3Cl)nc3c(Br)cnn23)cc1)c1c[nH]c2ccccc12. The van der Waals surface area contributed by atoms with E-state index in [-0.39, 0.29) is 5.91 Å². The van der Waals surface area contributed by atoms with Gasteiger partial charge >= 0.3 is 0 Å². The van der Waals surface area contributed by atoms with E-state index in [4.69, 9.17) is 16.6 Å². The van der Waals surface area contributed by atoms with Crippen LogP contribution in [0.4, 0.5) is 11.5 Å². The van der Waals surface area contributed by atoms with Gasteiger partial charge in [0.25, 0.3) is 5.91 Å². The van der Waals surface area contributed by atoms with Crippen LogP contribution in [0, 0.1) is 0 Å². The standard InChI is InChI=1S/C28H20BrClN6O/c29-22-16-33-36-26(13-25(35-27(22)36)20-6-1-3-7-23(20)30)32-14-17-9-11-18(12-10-17)34-28(37)21-15-31-24-8-4-2-5-19(21)24/h1-13,15-16,31-32H,14H2,(H,34,37). The van der Waals surface area contributed by atoms with E-state index in [1.54, 1.807) is 16.9 Å². The number of aromatic amines is 1. The van der Waals surface area contributed by atoms with Crippen molar-refractivity contribution in [2.75, 3.05) is 10.6 Å². The Morgan fingerprint density at radius 1 is 1.03 bits per heavy atom. The minimum Gasteiger partial charge on any atom is -0.366 e. The number of aromatic nitrogens is 4. The molecule has 0 aliphatic carbocycles. The fourth-order valence-corrected chi connectivity index (χ4v) is 4.81. The summed E-state index contributed by atoms with van der Waals surface area (Å²) in [6, 6.07) is 25.0. The van der Waals surface area contributed by atoms with Gasteiger partial charge in [-0.05, 0) is 45.8 Å². The second-order valence-electron chi connectivity index (χ2n) is 8.49. The quantitative estimate of drug-likeness (QED) is 0.198. The Bertz CT molecular complexity index is 1760. The molecule has 0 fully saturated rings. The highest BCUT2D eigenvalue weighted by atomic mass is 79.9. The summed E-state index contributed by atoms with van der Waals surface area (Å²) in [4.78, 5) is 20.7. The van der Waals surface area contributed by atoms with Gasteiger partial charge in [0.2, 0.25) is 0 Å². The number of nitrogens with one attached hydrogen (secondary N) is 3. The van der Waals surface area contributed by atoms with E-state index in [0.29, 0.717) is 22.8 Å². The number of H-pyrrole nitrogens is 1. The van der Waals surface area contributed by atoms with Crippen molar-refractivity contribution in [3.63, 3.8) is 0 Å². The Morgan fingerprint density at radius 2 is 1.81 bits per heavy atom. The molecule has 0 bridgehead atoms. The van der Waals surface area contributed by atoms with Crippen molar-refractivity contribution in [1.82, 2.24) is 19.6 Å². The van der Waals surface area contributed by atoms with E-state index in [9.17, 15) is 4.79 Å². The first-order chi connectivity index (χ1) is 18.1. The minimum absolute atomic E-state index is 0.154. The zero-order chi connectivity index (χ0) is 25.4. The van der Waals surface area contributed by atoms with Gasteiger partial charge in [-0.15, -0.1) is 0 Å². The smallest absolute Gasteiger partial charge is 0.257 e. The van der Waals surface area contributed by atoms with Crippen LogP contribution in [0.25, 0.3) is 27.8 Å². The van der Waals surface area contributed by atoms with E-state index < -0.39 is 0 Å².